The fraction of sp³-hybridized carbons (Fsp3) is 0.571. The second kappa shape index (κ2) is 6.38. The van der Waals surface area contributed by atoms with E-state index in [2.05, 4.69) is 13.8 Å². The molecule has 3 heteroatoms. The molecule has 0 saturated heterocycles. The van der Waals surface area contributed by atoms with Crippen LogP contribution in [0.15, 0.2) is 12.1 Å². The van der Waals surface area contributed by atoms with Crippen molar-refractivity contribution in [3.8, 4) is 17.2 Å². The van der Waals surface area contributed by atoms with E-state index < -0.39 is 0 Å². The van der Waals surface area contributed by atoms with Crippen molar-refractivity contribution in [2.75, 3.05) is 21.3 Å². The first-order valence-corrected chi connectivity index (χ1v) is 5.95. The molecule has 0 aliphatic heterocycles. The van der Waals surface area contributed by atoms with Crippen molar-refractivity contribution in [1.29, 1.82) is 0 Å². The van der Waals surface area contributed by atoms with Crippen LogP contribution in [0.4, 0.5) is 0 Å². The fourth-order valence-electron chi connectivity index (χ4n) is 1.80. The molecule has 1 atom stereocenters. The average molecular weight is 238 g/mol. The van der Waals surface area contributed by atoms with Crippen molar-refractivity contribution in [2.24, 2.45) is 5.92 Å². The molecule has 0 heterocycles. The van der Waals surface area contributed by atoms with Crippen LogP contribution < -0.4 is 14.2 Å². The van der Waals surface area contributed by atoms with Gasteiger partial charge in [0.25, 0.3) is 0 Å². The maximum Gasteiger partial charge on any atom is 0.203 e. The predicted octanol–water partition coefficient (Wildman–Crippen LogP) is 3.30. The van der Waals surface area contributed by atoms with Crippen LogP contribution >= 0.6 is 0 Å². The molecule has 0 saturated carbocycles. The summed E-state index contributed by atoms with van der Waals surface area (Å²) in [5.41, 5.74) is 1.22. The normalized spacial score (nSPS) is 12.1. The van der Waals surface area contributed by atoms with Crippen molar-refractivity contribution in [3.63, 3.8) is 0 Å². The highest BCUT2D eigenvalue weighted by molar-refractivity contribution is 5.53. The molecule has 0 spiro atoms. The van der Waals surface area contributed by atoms with Crippen LogP contribution in [0.3, 0.4) is 0 Å². The Bertz CT molecular complexity index is 335. The Morgan fingerprint density at radius 2 is 1.53 bits per heavy atom. The third-order valence-corrected chi connectivity index (χ3v) is 3.01. The zero-order valence-electron chi connectivity index (χ0n) is 11.4. The van der Waals surface area contributed by atoms with Crippen LogP contribution in [0.5, 0.6) is 17.2 Å². The molecule has 0 radical (unpaired) electrons. The van der Waals surface area contributed by atoms with Crippen LogP contribution in [-0.2, 0) is 6.42 Å². The molecular weight excluding hydrogens is 216 g/mol. The molecule has 1 rings (SSSR count). The van der Waals surface area contributed by atoms with Gasteiger partial charge in [0.05, 0.1) is 21.3 Å². The largest absolute Gasteiger partial charge is 0.493 e. The van der Waals surface area contributed by atoms with Crippen LogP contribution in [0.1, 0.15) is 25.8 Å². The second-order valence-corrected chi connectivity index (χ2v) is 4.25. The van der Waals surface area contributed by atoms with Gasteiger partial charge in [-0.3, -0.25) is 0 Å². The number of hydrogen-bond donors (Lipinski definition) is 0. The van der Waals surface area contributed by atoms with Gasteiger partial charge in [0.15, 0.2) is 11.5 Å². The van der Waals surface area contributed by atoms with E-state index in [1.165, 1.54) is 5.56 Å². The van der Waals surface area contributed by atoms with E-state index in [-0.39, 0.29) is 0 Å². The highest BCUT2D eigenvalue weighted by atomic mass is 16.5. The van der Waals surface area contributed by atoms with Crippen molar-refractivity contribution in [1.82, 2.24) is 0 Å². The smallest absolute Gasteiger partial charge is 0.203 e. The summed E-state index contributed by atoms with van der Waals surface area (Å²) < 4.78 is 16.0. The SMILES string of the molecule is CCC(C)Cc1cc(OC)c(OC)c(OC)c1. The Labute approximate surface area is 104 Å². The van der Waals surface area contributed by atoms with E-state index >= 15 is 0 Å². The summed E-state index contributed by atoms with van der Waals surface area (Å²) in [5, 5.41) is 0. The van der Waals surface area contributed by atoms with Gasteiger partial charge < -0.3 is 14.2 Å². The van der Waals surface area contributed by atoms with Crippen molar-refractivity contribution < 1.29 is 14.2 Å². The van der Waals surface area contributed by atoms with Crippen LogP contribution in [-0.4, -0.2) is 21.3 Å². The van der Waals surface area contributed by atoms with Crippen molar-refractivity contribution in [3.05, 3.63) is 17.7 Å². The molecule has 0 bridgehead atoms. The first-order valence-electron chi connectivity index (χ1n) is 5.95. The zero-order chi connectivity index (χ0) is 12.8. The van der Waals surface area contributed by atoms with E-state index in [1.54, 1.807) is 21.3 Å². The number of hydrogen-bond acceptors (Lipinski definition) is 3. The van der Waals surface area contributed by atoms with Crippen molar-refractivity contribution >= 4 is 0 Å². The predicted molar refractivity (Wildman–Crippen MR) is 69.3 cm³/mol. The quantitative estimate of drug-likeness (QED) is 0.761. The Morgan fingerprint density at radius 3 is 1.88 bits per heavy atom. The maximum absolute atomic E-state index is 5.33. The molecule has 0 amide bonds. The third-order valence-electron chi connectivity index (χ3n) is 3.01. The topological polar surface area (TPSA) is 27.7 Å². The minimum atomic E-state index is 0.651. The first kappa shape index (κ1) is 13.7. The van der Waals surface area contributed by atoms with Gasteiger partial charge in [0.1, 0.15) is 0 Å². The molecule has 1 aromatic rings. The molecular formula is C14H22O3. The monoisotopic (exact) mass is 238 g/mol. The Morgan fingerprint density at radius 1 is 1.00 bits per heavy atom. The van der Waals surface area contributed by atoms with Gasteiger partial charge in [-0.25, -0.2) is 0 Å². The number of methoxy groups -OCH3 is 3. The molecule has 1 aromatic carbocycles. The molecule has 1 unspecified atom stereocenters. The van der Waals surface area contributed by atoms with Crippen molar-refractivity contribution in [2.45, 2.75) is 26.7 Å². The van der Waals surface area contributed by atoms with Gasteiger partial charge in [0, 0.05) is 0 Å². The summed E-state index contributed by atoms with van der Waals surface area (Å²) in [5.74, 6) is 2.76. The minimum Gasteiger partial charge on any atom is -0.493 e. The molecule has 3 nitrogen and oxygen atoms in total. The third kappa shape index (κ3) is 3.29. The fourth-order valence-corrected chi connectivity index (χ4v) is 1.80. The highest BCUT2D eigenvalue weighted by Gasteiger charge is 2.13. The van der Waals surface area contributed by atoms with E-state index in [9.17, 15) is 0 Å². The number of benzene rings is 1. The summed E-state index contributed by atoms with van der Waals surface area (Å²) in [6, 6.07) is 4.04. The zero-order valence-corrected chi connectivity index (χ0v) is 11.4. The summed E-state index contributed by atoms with van der Waals surface area (Å²) in [6.07, 6.45) is 2.18. The van der Waals surface area contributed by atoms with Gasteiger partial charge in [0.2, 0.25) is 5.75 Å². The Balaban J connectivity index is 3.08. The molecule has 0 aliphatic carbocycles. The molecule has 17 heavy (non-hydrogen) atoms. The Kier molecular flexibility index (Phi) is 5.13. The van der Waals surface area contributed by atoms with Gasteiger partial charge in [-0.05, 0) is 30.0 Å². The molecule has 0 aliphatic rings. The standard InChI is InChI=1S/C14H22O3/c1-6-10(2)7-11-8-12(15-3)14(17-5)13(9-11)16-4/h8-10H,6-7H2,1-5H3. The van der Waals surface area contributed by atoms with E-state index in [0.717, 1.165) is 24.3 Å². The summed E-state index contributed by atoms with van der Waals surface area (Å²) in [6.45, 7) is 4.44. The summed E-state index contributed by atoms with van der Waals surface area (Å²) >= 11 is 0. The van der Waals surface area contributed by atoms with Gasteiger partial charge >= 0.3 is 0 Å². The van der Waals surface area contributed by atoms with Crippen LogP contribution in [0.2, 0.25) is 0 Å². The second-order valence-electron chi connectivity index (χ2n) is 4.25. The summed E-state index contributed by atoms with van der Waals surface area (Å²) in [4.78, 5) is 0. The lowest BCUT2D eigenvalue weighted by molar-refractivity contribution is 0.323. The van der Waals surface area contributed by atoms with E-state index in [0.29, 0.717) is 11.7 Å². The van der Waals surface area contributed by atoms with Crippen LogP contribution in [0.25, 0.3) is 0 Å². The average Bonchev–Trinajstić information content (AvgIpc) is 2.37. The van der Waals surface area contributed by atoms with Gasteiger partial charge in [-0.2, -0.15) is 0 Å². The van der Waals surface area contributed by atoms with E-state index in [1.807, 2.05) is 12.1 Å². The number of rotatable bonds is 6. The lowest BCUT2D eigenvalue weighted by atomic mass is 9.98. The number of ether oxygens (including phenoxy) is 3. The Hall–Kier alpha value is -1.38. The van der Waals surface area contributed by atoms with E-state index in [4.69, 9.17) is 14.2 Å². The van der Waals surface area contributed by atoms with Gasteiger partial charge in [-0.1, -0.05) is 20.3 Å². The molecule has 0 aromatic heterocycles. The summed E-state index contributed by atoms with van der Waals surface area (Å²) in [7, 11) is 4.91. The van der Waals surface area contributed by atoms with Crippen LogP contribution in [0, 0.1) is 5.92 Å². The first-order chi connectivity index (χ1) is 8.15. The van der Waals surface area contributed by atoms with Gasteiger partial charge in [-0.15, -0.1) is 0 Å². The molecule has 0 N–H and O–H groups in total. The minimum absolute atomic E-state index is 0.651. The highest BCUT2D eigenvalue weighted by Crippen LogP contribution is 2.38. The lowest BCUT2D eigenvalue weighted by Crippen LogP contribution is -2.01. The maximum atomic E-state index is 5.33. The molecule has 0 fully saturated rings. The lowest BCUT2D eigenvalue weighted by Gasteiger charge is -2.15. The molecule has 96 valence electrons.